The first kappa shape index (κ1) is 29.4. The summed E-state index contributed by atoms with van der Waals surface area (Å²) in [6.45, 7) is 5.45. The van der Waals surface area contributed by atoms with E-state index in [1.165, 1.54) is 11.8 Å². The van der Waals surface area contributed by atoms with Crippen molar-refractivity contribution in [1.82, 2.24) is 19.3 Å². The van der Waals surface area contributed by atoms with E-state index in [4.69, 9.17) is 14.2 Å². The number of ether oxygens (including phenoxy) is 3. The lowest BCUT2D eigenvalue weighted by atomic mass is 10.2. The molecule has 1 atom stereocenters. The summed E-state index contributed by atoms with van der Waals surface area (Å²) in [5.74, 6) is 0.191. The number of anilines is 1. The van der Waals surface area contributed by atoms with Gasteiger partial charge in [0, 0.05) is 5.69 Å². The molecule has 0 saturated carbocycles. The van der Waals surface area contributed by atoms with E-state index in [2.05, 4.69) is 15.4 Å². The number of carbonyl (C=O) groups excluding carboxylic acids is 2. The quantitative estimate of drug-likeness (QED) is 0.165. The number of nitrogens with one attached hydrogen (secondary N) is 1. The lowest BCUT2D eigenvalue weighted by Crippen LogP contribution is -2.33. The van der Waals surface area contributed by atoms with Gasteiger partial charge < -0.3 is 19.5 Å². The number of rotatable bonds is 9. The zero-order valence-electron chi connectivity index (χ0n) is 23.9. The molecule has 5 rings (SSSR count). The number of benzene rings is 3. The van der Waals surface area contributed by atoms with Gasteiger partial charge in [-0.25, -0.2) is 14.3 Å². The largest absolute Gasteiger partial charge is 0.479 e. The number of para-hydroxylation sites is 1. The van der Waals surface area contributed by atoms with Crippen molar-refractivity contribution in [1.29, 1.82) is 0 Å². The smallest absolute Gasteiger partial charge is 0.347 e. The summed E-state index contributed by atoms with van der Waals surface area (Å²) < 4.78 is 19.1. The maximum Gasteiger partial charge on any atom is 0.347 e. The van der Waals surface area contributed by atoms with Gasteiger partial charge >= 0.3 is 18.0 Å². The second-order valence-corrected chi connectivity index (χ2v) is 10.2. The molecule has 0 aliphatic rings. The molecule has 2 heterocycles. The Kier molecular flexibility index (Phi) is 8.77. The predicted octanol–water partition coefficient (Wildman–Crippen LogP) is 5.82. The second-order valence-electron chi connectivity index (χ2n) is 9.38. The van der Waals surface area contributed by atoms with Crippen LogP contribution in [-0.2, 0) is 9.53 Å². The van der Waals surface area contributed by atoms with Crippen molar-refractivity contribution >= 4 is 40.5 Å². The molecule has 12 heteroatoms. The molecule has 0 aliphatic heterocycles. The van der Waals surface area contributed by atoms with Crippen molar-refractivity contribution < 1.29 is 23.8 Å². The van der Waals surface area contributed by atoms with Gasteiger partial charge in [0.05, 0.1) is 12.3 Å². The van der Waals surface area contributed by atoms with E-state index in [-0.39, 0.29) is 29.4 Å². The first-order valence-electron chi connectivity index (χ1n) is 13.4. The van der Waals surface area contributed by atoms with Crippen LogP contribution in [0.15, 0.2) is 88.7 Å². The van der Waals surface area contributed by atoms with Gasteiger partial charge in [0.15, 0.2) is 11.8 Å². The first-order chi connectivity index (χ1) is 20.8. The average Bonchev–Trinajstić information content (AvgIpc) is 3.37. The fourth-order valence-electron chi connectivity index (χ4n) is 4.26. The van der Waals surface area contributed by atoms with Crippen LogP contribution in [0.2, 0.25) is 0 Å². The molecule has 1 unspecified atom stereocenters. The molecular weight excluding hydrogens is 570 g/mol. The van der Waals surface area contributed by atoms with Crippen molar-refractivity contribution in [2.24, 2.45) is 0 Å². The molecule has 1 N–H and O–H groups in total. The molecule has 43 heavy (non-hydrogen) atoms. The lowest BCUT2D eigenvalue weighted by molar-refractivity contribution is -0.150. The molecule has 0 radical (unpaired) electrons. The van der Waals surface area contributed by atoms with Crippen LogP contribution in [0, 0.1) is 6.92 Å². The molecule has 0 bridgehead atoms. The fraction of sp³-hybridized carbons (Fsp3) is 0.194. The van der Waals surface area contributed by atoms with Gasteiger partial charge in [-0.3, -0.25) is 4.79 Å². The first-order valence-corrected chi connectivity index (χ1v) is 14.7. The molecule has 220 valence electrons. The highest BCUT2D eigenvalue weighted by molar-refractivity contribution is 7.98. The normalized spacial score (nSPS) is 11.6. The van der Waals surface area contributed by atoms with E-state index in [9.17, 15) is 14.4 Å². The number of hydrogen-bond donors (Lipinski definition) is 1. The van der Waals surface area contributed by atoms with Crippen molar-refractivity contribution in [3.63, 3.8) is 0 Å². The number of fused-ring (bicyclic) bond motifs is 1. The summed E-state index contributed by atoms with van der Waals surface area (Å²) in [7, 11) is 0. The Morgan fingerprint density at radius 1 is 1.00 bits per heavy atom. The SMILES string of the molecule is CCOC(=O)C(C)Oc1ccc(Oc2nc3c(c(SC)nn3-c3ccccc3)c(=O)n2C(=O)Nc2cccc(C)c2)cc1. The second kappa shape index (κ2) is 12.8. The van der Waals surface area contributed by atoms with Crippen LogP contribution in [0.3, 0.4) is 0 Å². The average molecular weight is 600 g/mol. The molecule has 11 nitrogen and oxygen atoms in total. The molecule has 3 aromatic carbocycles. The van der Waals surface area contributed by atoms with Gasteiger partial charge in [-0.05, 0) is 81.1 Å². The topological polar surface area (TPSA) is 127 Å². The Bertz CT molecular complexity index is 1840. The maximum atomic E-state index is 14.0. The third kappa shape index (κ3) is 6.38. The minimum absolute atomic E-state index is 0.180. The van der Waals surface area contributed by atoms with Gasteiger partial charge in [-0.15, -0.1) is 11.8 Å². The number of aryl methyl sites for hydroxylation is 1. The summed E-state index contributed by atoms with van der Waals surface area (Å²) in [6.07, 6.45) is 0.986. The van der Waals surface area contributed by atoms with Gasteiger partial charge in [-0.2, -0.15) is 14.6 Å². The molecule has 0 spiro atoms. The van der Waals surface area contributed by atoms with Crippen LogP contribution < -0.4 is 20.3 Å². The summed E-state index contributed by atoms with van der Waals surface area (Å²) in [4.78, 5) is 44.2. The molecule has 0 aliphatic carbocycles. The Labute approximate surface area is 251 Å². The molecular formula is C31H29N5O6S. The zero-order valence-corrected chi connectivity index (χ0v) is 24.8. The summed E-state index contributed by atoms with van der Waals surface area (Å²) in [5, 5.41) is 7.97. The number of nitrogens with zero attached hydrogens (tertiary/aromatic N) is 4. The summed E-state index contributed by atoms with van der Waals surface area (Å²) in [5.41, 5.74) is 1.72. The van der Waals surface area contributed by atoms with Crippen LogP contribution in [0.5, 0.6) is 17.5 Å². The number of esters is 1. The molecule has 5 aromatic rings. The van der Waals surface area contributed by atoms with Crippen LogP contribution in [0.1, 0.15) is 19.4 Å². The summed E-state index contributed by atoms with van der Waals surface area (Å²) in [6, 6.07) is 21.8. The summed E-state index contributed by atoms with van der Waals surface area (Å²) >= 11 is 1.27. The fourth-order valence-corrected chi connectivity index (χ4v) is 4.81. The Hall–Kier alpha value is -5.10. The minimum atomic E-state index is -0.810. The van der Waals surface area contributed by atoms with E-state index in [1.54, 1.807) is 67.2 Å². The molecule has 0 fully saturated rings. The van der Waals surface area contributed by atoms with Gasteiger partial charge in [0.1, 0.15) is 21.9 Å². The number of aromatic nitrogens is 4. The van der Waals surface area contributed by atoms with E-state index < -0.39 is 23.7 Å². The number of thioether (sulfide) groups is 1. The zero-order chi connectivity index (χ0) is 30.5. The van der Waals surface area contributed by atoms with Crippen molar-refractivity contribution in [2.45, 2.75) is 31.9 Å². The van der Waals surface area contributed by atoms with Gasteiger partial charge in [-0.1, -0.05) is 30.3 Å². The van der Waals surface area contributed by atoms with Crippen molar-refractivity contribution in [3.05, 3.63) is 94.8 Å². The van der Waals surface area contributed by atoms with E-state index in [0.717, 1.165) is 10.1 Å². The monoisotopic (exact) mass is 599 g/mol. The Morgan fingerprint density at radius 2 is 1.72 bits per heavy atom. The molecule has 1 amide bonds. The molecule has 2 aromatic heterocycles. The highest BCUT2D eigenvalue weighted by atomic mass is 32.2. The highest BCUT2D eigenvalue weighted by Crippen LogP contribution is 2.29. The van der Waals surface area contributed by atoms with E-state index in [1.807, 2.05) is 43.3 Å². The lowest BCUT2D eigenvalue weighted by Gasteiger charge is -2.15. The Balaban J connectivity index is 1.58. The highest BCUT2D eigenvalue weighted by Gasteiger charge is 2.25. The minimum Gasteiger partial charge on any atom is -0.479 e. The van der Waals surface area contributed by atoms with Crippen LogP contribution in [-0.4, -0.2) is 50.3 Å². The van der Waals surface area contributed by atoms with Crippen LogP contribution in [0.25, 0.3) is 16.7 Å². The maximum absolute atomic E-state index is 14.0. The number of amides is 1. The Morgan fingerprint density at radius 3 is 2.40 bits per heavy atom. The van der Waals surface area contributed by atoms with Gasteiger partial charge in [0.25, 0.3) is 5.56 Å². The third-order valence-corrected chi connectivity index (χ3v) is 6.94. The van der Waals surface area contributed by atoms with E-state index in [0.29, 0.717) is 22.2 Å². The van der Waals surface area contributed by atoms with Gasteiger partial charge in [0.2, 0.25) is 0 Å². The van der Waals surface area contributed by atoms with Crippen LogP contribution >= 0.6 is 11.8 Å². The molecule has 0 saturated heterocycles. The van der Waals surface area contributed by atoms with Crippen molar-refractivity contribution in [2.75, 3.05) is 18.2 Å². The predicted molar refractivity (Wildman–Crippen MR) is 164 cm³/mol. The number of hydrogen-bond acceptors (Lipinski definition) is 9. The number of carbonyl (C=O) groups is 2. The van der Waals surface area contributed by atoms with Crippen molar-refractivity contribution in [3.8, 4) is 23.2 Å². The third-order valence-electron chi connectivity index (χ3n) is 6.27. The standard InChI is InChI=1S/C31H29N5O6S/c1-5-40-29(38)20(3)41-23-14-16-24(17-15-23)42-31-33-26-25(27(43-4)34-36(26)22-12-7-6-8-13-22)28(37)35(31)30(39)32-21-11-9-10-19(2)18-21/h6-18,20H,5H2,1-4H3,(H,32,39). The van der Waals surface area contributed by atoms with E-state index >= 15 is 0 Å². The van der Waals surface area contributed by atoms with Crippen LogP contribution in [0.4, 0.5) is 10.5 Å².